The van der Waals surface area contributed by atoms with Crippen LogP contribution in [0, 0.1) is 5.92 Å². The fourth-order valence-electron chi connectivity index (χ4n) is 4.76. The number of halogens is 4. The van der Waals surface area contributed by atoms with Crippen molar-refractivity contribution in [1.29, 1.82) is 0 Å². The molecular formula is C31H40Cl3FN4O10. The number of methoxy groups -OCH3 is 1. The number of aromatic nitrogens is 2. The van der Waals surface area contributed by atoms with E-state index in [1.54, 1.807) is 41.5 Å². The van der Waals surface area contributed by atoms with Crippen LogP contribution in [0.4, 0.5) is 9.18 Å². The first-order valence-corrected chi connectivity index (χ1v) is 16.4. The Bertz CT molecular complexity index is 1660. The second-order valence-corrected chi connectivity index (χ2v) is 13.7. The van der Waals surface area contributed by atoms with E-state index in [1.807, 2.05) is 0 Å². The lowest BCUT2D eigenvalue weighted by Crippen LogP contribution is -2.50. The van der Waals surface area contributed by atoms with Gasteiger partial charge in [-0.1, -0.05) is 55.6 Å². The first-order chi connectivity index (χ1) is 22.8. The van der Waals surface area contributed by atoms with E-state index >= 15 is 4.39 Å². The maximum Gasteiger partial charge on any atom is 0.408 e. The highest BCUT2D eigenvalue weighted by molar-refractivity contribution is 6.42. The summed E-state index contributed by atoms with van der Waals surface area (Å²) >= 11 is 18.6. The quantitative estimate of drug-likeness (QED) is 0.264. The van der Waals surface area contributed by atoms with Gasteiger partial charge in [-0.15, -0.1) is 0 Å². The van der Waals surface area contributed by atoms with Crippen LogP contribution in [0.2, 0.25) is 15.1 Å². The Labute approximate surface area is 296 Å². The van der Waals surface area contributed by atoms with Crippen LogP contribution in [0.1, 0.15) is 60.3 Å². The standard InChI is InChI=1S/C31H40Cl3FN4O10/c1-9-15-12-39(29(43)38-26(15)41)27-20(35)24(48-28(42)21(13(2)3)37-30(44)49-31(5,6)7)18(47-27)11-36-25(40)14(4)46-23-17(33)10-16(32)22(45-8)19(23)34/h10,12-14,18,20-21,24,27H,9,11H2,1-8H3,(H,36,40)(H,37,44)(H,38,41,43)/t14-,18+,20-,21-,24+,27+/m0/s1. The average molecular weight is 754 g/mol. The summed E-state index contributed by atoms with van der Waals surface area (Å²) in [5.74, 6) is -2.28. The highest BCUT2D eigenvalue weighted by atomic mass is 35.5. The molecule has 1 aromatic heterocycles. The highest BCUT2D eigenvalue weighted by Crippen LogP contribution is 2.45. The molecule has 0 spiro atoms. The fraction of sp³-hybridized carbons (Fsp3) is 0.581. The van der Waals surface area contributed by atoms with E-state index in [2.05, 4.69) is 15.6 Å². The van der Waals surface area contributed by atoms with E-state index in [0.29, 0.717) is 0 Å². The van der Waals surface area contributed by atoms with Gasteiger partial charge in [-0.25, -0.2) is 18.8 Å². The molecule has 0 saturated carbocycles. The molecular weight excluding hydrogens is 714 g/mol. The number of esters is 1. The summed E-state index contributed by atoms with van der Waals surface area (Å²) in [6.45, 7) is 10.8. The van der Waals surface area contributed by atoms with Crippen LogP contribution >= 0.6 is 34.8 Å². The number of aromatic amines is 1. The van der Waals surface area contributed by atoms with E-state index < -0.39 is 84.0 Å². The molecule has 1 aromatic carbocycles. The summed E-state index contributed by atoms with van der Waals surface area (Å²) in [5.41, 5.74) is -2.31. The van der Waals surface area contributed by atoms with E-state index in [-0.39, 0.29) is 38.6 Å². The van der Waals surface area contributed by atoms with Crippen LogP contribution in [0.3, 0.4) is 0 Å². The highest BCUT2D eigenvalue weighted by Gasteiger charge is 2.50. The molecule has 18 heteroatoms. The molecule has 0 radical (unpaired) electrons. The van der Waals surface area contributed by atoms with Gasteiger partial charge in [0.15, 0.2) is 36.1 Å². The van der Waals surface area contributed by atoms with Gasteiger partial charge < -0.3 is 34.3 Å². The number of nitrogens with one attached hydrogen (secondary N) is 3. The number of aryl methyl sites for hydroxylation is 1. The zero-order valence-electron chi connectivity index (χ0n) is 28.2. The average Bonchev–Trinajstić information content (AvgIpc) is 3.29. The van der Waals surface area contributed by atoms with E-state index in [4.69, 9.17) is 58.5 Å². The predicted molar refractivity (Wildman–Crippen MR) is 179 cm³/mol. The van der Waals surface area contributed by atoms with Gasteiger partial charge in [0, 0.05) is 18.3 Å². The Morgan fingerprint density at radius 2 is 1.73 bits per heavy atom. The summed E-state index contributed by atoms with van der Waals surface area (Å²) in [6.07, 6.45) is -7.64. The number of amides is 2. The number of benzene rings is 1. The number of rotatable bonds is 12. The van der Waals surface area contributed by atoms with Crippen molar-refractivity contribution in [2.75, 3.05) is 13.7 Å². The van der Waals surface area contributed by atoms with Gasteiger partial charge in [0.25, 0.3) is 11.5 Å². The van der Waals surface area contributed by atoms with Crippen molar-refractivity contribution >= 4 is 52.8 Å². The number of ether oxygens (including phenoxy) is 5. The molecule has 1 fully saturated rings. The third-order valence-electron chi connectivity index (χ3n) is 7.24. The molecule has 3 rings (SSSR count). The third kappa shape index (κ3) is 9.80. The van der Waals surface area contributed by atoms with Gasteiger partial charge in [0.1, 0.15) is 22.8 Å². The number of hydrogen-bond acceptors (Lipinski definition) is 10. The minimum Gasteiger partial charge on any atom is -0.493 e. The molecule has 1 saturated heterocycles. The molecule has 0 unspecified atom stereocenters. The molecule has 2 heterocycles. The number of alkyl halides is 1. The van der Waals surface area contributed by atoms with Gasteiger partial charge in [0.05, 0.1) is 17.2 Å². The van der Waals surface area contributed by atoms with Crippen molar-refractivity contribution in [1.82, 2.24) is 20.2 Å². The summed E-state index contributed by atoms with van der Waals surface area (Å²) in [4.78, 5) is 66.0. The second kappa shape index (κ2) is 16.5. The molecule has 14 nitrogen and oxygen atoms in total. The van der Waals surface area contributed by atoms with Crippen LogP contribution in [0.25, 0.3) is 0 Å². The number of alkyl carbamates (subject to hydrolysis) is 1. The zero-order valence-corrected chi connectivity index (χ0v) is 30.4. The van der Waals surface area contributed by atoms with Gasteiger partial charge in [-0.3, -0.25) is 19.1 Å². The number of carbonyl (C=O) groups excluding carboxylic acids is 3. The minimum absolute atomic E-state index is 0.00200. The van der Waals surface area contributed by atoms with Gasteiger partial charge in [-0.2, -0.15) is 0 Å². The molecule has 2 amide bonds. The summed E-state index contributed by atoms with van der Waals surface area (Å²) in [6, 6.07) is 0.0592. The first-order valence-electron chi connectivity index (χ1n) is 15.3. The number of carbonyl (C=O) groups is 3. The molecule has 1 aliphatic rings. The van der Waals surface area contributed by atoms with E-state index in [9.17, 15) is 24.0 Å². The molecule has 1 aliphatic heterocycles. The lowest BCUT2D eigenvalue weighted by molar-refractivity contribution is -0.157. The van der Waals surface area contributed by atoms with Crippen LogP contribution < -0.4 is 31.4 Å². The Kier molecular flexibility index (Phi) is 13.4. The van der Waals surface area contributed by atoms with E-state index in [1.165, 1.54) is 20.1 Å². The second-order valence-electron chi connectivity index (χ2n) is 12.5. The summed E-state index contributed by atoms with van der Waals surface area (Å²) in [5, 5.41) is 5.03. The molecule has 6 atom stereocenters. The van der Waals surface area contributed by atoms with Crippen molar-refractivity contribution in [3.63, 3.8) is 0 Å². The van der Waals surface area contributed by atoms with Crippen LogP contribution in [0.15, 0.2) is 21.9 Å². The largest absolute Gasteiger partial charge is 0.493 e. The zero-order chi connectivity index (χ0) is 37.0. The fourth-order valence-corrected chi connectivity index (χ4v) is 5.76. The van der Waals surface area contributed by atoms with Crippen molar-refractivity contribution in [2.45, 2.75) is 97.2 Å². The summed E-state index contributed by atoms with van der Waals surface area (Å²) in [7, 11) is 1.33. The number of hydrogen-bond donors (Lipinski definition) is 3. The Hall–Kier alpha value is -3.53. The summed E-state index contributed by atoms with van der Waals surface area (Å²) < 4.78 is 44.6. The van der Waals surface area contributed by atoms with Gasteiger partial charge in [-0.05, 0) is 46.1 Å². The lowest BCUT2D eigenvalue weighted by Gasteiger charge is -2.27. The maximum atomic E-state index is 16.2. The van der Waals surface area contributed by atoms with Crippen LogP contribution in [-0.4, -0.2) is 77.3 Å². The normalized spacial score (nSPS) is 20.3. The Morgan fingerprint density at radius 1 is 1.10 bits per heavy atom. The Morgan fingerprint density at radius 3 is 2.31 bits per heavy atom. The van der Waals surface area contributed by atoms with Crippen molar-refractivity contribution in [2.24, 2.45) is 5.92 Å². The monoisotopic (exact) mass is 752 g/mol. The maximum absolute atomic E-state index is 16.2. The molecule has 3 N–H and O–H groups in total. The number of nitrogens with zero attached hydrogens (tertiary/aromatic N) is 1. The van der Waals surface area contributed by atoms with Crippen LogP contribution in [0.5, 0.6) is 11.5 Å². The number of H-pyrrole nitrogens is 1. The van der Waals surface area contributed by atoms with E-state index in [0.717, 1.165) is 10.8 Å². The van der Waals surface area contributed by atoms with Gasteiger partial charge >= 0.3 is 17.8 Å². The van der Waals surface area contributed by atoms with Crippen molar-refractivity contribution in [3.05, 3.63) is 53.7 Å². The van der Waals surface area contributed by atoms with Gasteiger partial charge in [0.2, 0.25) is 0 Å². The molecule has 272 valence electrons. The first kappa shape index (κ1) is 39.9. The van der Waals surface area contributed by atoms with Crippen LogP contribution in [-0.2, 0) is 30.2 Å². The SMILES string of the molecule is CCc1cn([C@@H]2O[C@H](CNC(=O)[C@H](C)Oc3c(Cl)cc(Cl)c(OC)c3Cl)[C@@H](OC(=O)[C@@H](NC(=O)OC(C)(C)C)C(C)C)[C@@H]2F)c(=O)[nH]c1=O. The minimum atomic E-state index is -2.17. The lowest BCUT2D eigenvalue weighted by atomic mass is 10.0. The topological polar surface area (TPSA) is 176 Å². The van der Waals surface area contributed by atoms with Crippen molar-refractivity contribution in [3.8, 4) is 11.5 Å². The third-order valence-corrected chi connectivity index (χ3v) is 8.14. The smallest absolute Gasteiger partial charge is 0.408 e. The molecule has 0 aliphatic carbocycles. The Balaban J connectivity index is 1.87. The van der Waals surface area contributed by atoms with Crippen molar-refractivity contribution < 1.29 is 42.5 Å². The molecule has 2 aromatic rings. The molecule has 49 heavy (non-hydrogen) atoms. The molecule has 0 bridgehead atoms. The predicted octanol–water partition coefficient (Wildman–Crippen LogP) is 4.35.